The van der Waals surface area contributed by atoms with Gasteiger partial charge in [-0.25, -0.2) is 19.0 Å². The Kier molecular flexibility index (Phi) is 21.7. The molecule has 5 aromatic rings. The highest BCUT2D eigenvalue weighted by Gasteiger charge is 2.46. The van der Waals surface area contributed by atoms with Crippen LogP contribution < -0.4 is 19.7 Å². The fourth-order valence-corrected chi connectivity index (χ4v) is 13.1. The number of aliphatic imine (C=N–C) groups is 1. The Morgan fingerprint density at radius 2 is 1.45 bits per heavy atom. The summed E-state index contributed by atoms with van der Waals surface area (Å²) in [4.78, 5) is 26.1. The zero-order chi connectivity index (χ0) is 57.6. The number of rotatable bonds is 26. The molecule has 0 saturated carbocycles. The molecular formula is C61H78N6O11P2. The summed E-state index contributed by atoms with van der Waals surface area (Å²) in [6, 6.07) is 35.0. The second kappa shape index (κ2) is 28.2. The predicted molar refractivity (Wildman–Crippen MR) is 311 cm³/mol. The number of methoxy groups -OCH3 is 2. The molecule has 5 atom stereocenters. The lowest BCUT2D eigenvalue weighted by atomic mass is 9.80. The van der Waals surface area contributed by atoms with Gasteiger partial charge in [-0.1, -0.05) is 112 Å². The number of nitrogens with zero attached hydrogens (tertiary/aromatic N) is 6. The third-order valence-corrected chi connectivity index (χ3v) is 17.0. The fraction of sp³-hybridized carbons (Fsp3) is 0.475. The van der Waals surface area contributed by atoms with E-state index >= 15 is 0 Å². The Bertz CT molecular complexity index is 2980. The van der Waals surface area contributed by atoms with Gasteiger partial charge in [0.25, 0.3) is 8.53 Å². The molecule has 0 aliphatic carbocycles. The first-order chi connectivity index (χ1) is 38.3. The third kappa shape index (κ3) is 15.5. The van der Waals surface area contributed by atoms with Crippen LogP contribution in [-0.4, -0.2) is 96.9 Å². The van der Waals surface area contributed by atoms with Gasteiger partial charge in [0.1, 0.15) is 40.8 Å². The van der Waals surface area contributed by atoms with E-state index in [0.717, 1.165) is 35.3 Å². The van der Waals surface area contributed by atoms with Gasteiger partial charge in [0.2, 0.25) is 0 Å². The highest BCUT2D eigenvalue weighted by Crippen LogP contribution is 2.60. The zero-order valence-corrected chi connectivity index (χ0v) is 50.0. The second-order valence-corrected chi connectivity index (χ2v) is 24.5. The minimum absolute atomic E-state index is 0.00247. The molecule has 1 aromatic heterocycles. The van der Waals surface area contributed by atoms with Crippen LogP contribution >= 0.6 is 16.3 Å². The molecular weight excluding hydrogens is 1050 g/mol. The van der Waals surface area contributed by atoms with Crippen LogP contribution in [0.5, 0.6) is 17.2 Å². The molecule has 1 fully saturated rings. The molecule has 5 unspecified atom stereocenters. The van der Waals surface area contributed by atoms with Crippen molar-refractivity contribution in [2.24, 2.45) is 16.8 Å². The topological polar surface area (TPSA) is 178 Å². The maximum absolute atomic E-state index is 14.6. The fourth-order valence-electron chi connectivity index (χ4n) is 9.85. The predicted octanol–water partition coefficient (Wildman–Crippen LogP) is 12.7. The van der Waals surface area contributed by atoms with Gasteiger partial charge in [0, 0.05) is 49.8 Å². The van der Waals surface area contributed by atoms with E-state index in [9.17, 15) is 14.6 Å². The summed E-state index contributed by atoms with van der Waals surface area (Å²) in [5.74, 6) is 8.92. The first-order valence-electron chi connectivity index (χ1n) is 27.3. The van der Waals surface area contributed by atoms with Crippen molar-refractivity contribution in [2.75, 3.05) is 47.1 Å². The van der Waals surface area contributed by atoms with Crippen LogP contribution in [0.2, 0.25) is 0 Å². The van der Waals surface area contributed by atoms with Crippen LogP contribution in [0.4, 0.5) is 5.82 Å². The molecule has 0 spiro atoms. The first kappa shape index (κ1) is 61.7. The molecule has 0 bridgehead atoms. The van der Waals surface area contributed by atoms with Crippen LogP contribution in [0, 0.1) is 35.0 Å². The summed E-state index contributed by atoms with van der Waals surface area (Å²) in [5, 5.41) is 9.59. The van der Waals surface area contributed by atoms with Crippen molar-refractivity contribution >= 4 is 28.5 Å². The maximum Gasteiger partial charge on any atom is 0.530 e. The van der Waals surface area contributed by atoms with Gasteiger partial charge in [0.15, 0.2) is 5.82 Å². The van der Waals surface area contributed by atoms with E-state index in [1.54, 1.807) is 38.9 Å². The lowest BCUT2D eigenvalue weighted by Crippen LogP contribution is -2.39. The van der Waals surface area contributed by atoms with Crippen molar-refractivity contribution < 1.29 is 46.1 Å². The minimum Gasteiger partial charge on any atom is -0.497 e. The van der Waals surface area contributed by atoms with Gasteiger partial charge in [-0.15, -0.1) is 0 Å². The number of hydrogen-bond acceptors (Lipinski definition) is 15. The van der Waals surface area contributed by atoms with E-state index in [-0.39, 0.29) is 57.0 Å². The smallest absolute Gasteiger partial charge is 0.497 e. The van der Waals surface area contributed by atoms with E-state index in [1.165, 1.54) is 4.57 Å². The summed E-state index contributed by atoms with van der Waals surface area (Å²) >= 11 is 0. The lowest BCUT2D eigenvalue weighted by Gasteiger charge is -2.39. The van der Waals surface area contributed by atoms with E-state index < -0.39 is 51.7 Å². The van der Waals surface area contributed by atoms with Crippen LogP contribution in [0.3, 0.4) is 0 Å². The molecule has 2 aliphatic heterocycles. The molecule has 0 radical (unpaired) electrons. The molecule has 428 valence electrons. The molecule has 0 amide bonds. The number of aromatic nitrogens is 2. The lowest BCUT2D eigenvalue weighted by molar-refractivity contribution is -0.0925. The number of ether oxygens (including phenoxy) is 4. The highest BCUT2D eigenvalue weighted by molar-refractivity contribution is 7.49. The Hall–Kier alpha value is -5.94. The molecule has 4 aromatic carbocycles. The van der Waals surface area contributed by atoms with Crippen molar-refractivity contribution in [1.29, 1.82) is 5.26 Å². The van der Waals surface area contributed by atoms with Crippen molar-refractivity contribution in [1.82, 2.24) is 19.1 Å². The Balaban J connectivity index is 1.29. The Morgan fingerprint density at radius 3 is 2.04 bits per heavy atom. The molecule has 3 heterocycles. The highest BCUT2D eigenvalue weighted by atomic mass is 31.2. The molecule has 0 N–H and O–H groups in total. The molecule has 1 saturated heterocycles. The number of nitriles is 1. The van der Waals surface area contributed by atoms with Crippen LogP contribution in [0.1, 0.15) is 123 Å². The van der Waals surface area contributed by atoms with Crippen molar-refractivity contribution in [3.63, 3.8) is 0 Å². The average Bonchev–Trinajstić information content (AvgIpc) is 3.92. The van der Waals surface area contributed by atoms with Crippen LogP contribution in [-0.2, 0) is 43.3 Å². The van der Waals surface area contributed by atoms with Crippen molar-refractivity contribution in [3.05, 3.63) is 148 Å². The van der Waals surface area contributed by atoms with Gasteiger partial charge in [0.05, 0.1) is 64.5 Å². The van der Waals surface area contributed by atoms with E-state index in [1.807, 2.05) is 105 Å². The molecule has 19 heteroatoms. The van der Waals surface area contributed by atoms with Gasteiger partial charge in [-0.05, 0) is 100 Å². The largest absolute Gasteiger partial charge is 0.530 e. The quantitative estimate of drug-likeness (QED) is 0.0127. The van der Waals surface area contributed by atoms with Gasteiger partial charge in [-0.3, -0.25) is 13.6 Å². The normalized spacial score (nSPS) is 19.2. The Labute approximate surface area is 474 Å². The zero-order valence-electron chi connectivity index (χ0n) is 48.2. The van der Waals surface area contributed by atoms with Crippen molar-refractivity contribution in [2.45, 2.75) is 130 Å². The number of para-hydroxylation sites is 1. The summed E-state index contributed by atoms with van der Waals surface area (Å²) < 4.78 is 74.2. The standard InChI is InChI=1S/C61H78N6O11P2/c1-43(2)38-65(39-44(3)4)42-63-58-47(21-18-19-36-74-80(69)77-54-25-17-16-24-53(54)60(9,10)78-80)40-66(59(68)64-58)57-37-55(76-79(73-35-20-34-62)67(45(5)6)46(7)8)56(75-57)41-72-61(48-22-14-13-15-23-48,49-26-30-51(70-11)31-27-49)50-28-32-52(71-12)33-29-50/h13-17,22-33,40,42-46,55-57H,19-20,35-39,41H2,1-12H3. The van der Waals surface area contributed by atoms with E-state index in [2.05, 4.69) is 87.9 Å². The summed E-state index contributed by atoms with van der Waals surface area (Å²) in [6.45, 7) is 22.0. The Morgan fingerprint density at radius 1 is 0.850 bits per heavy atom. The van der Waals surface area contributed by atoms with Gasteiger partial charge < -0.3 is 37.4 Å². The monoisotopic (exact) mass is 1130 g/mol. The van der Waals surface area contributed by atoms with E-state index in [0.29, 0.717) is 34.6 Å². The number of benzene rings is 4. The average molecular weight is 1130 g/mol. The summed E-state index contributed by atoms with van der Waals surface area (Å²) in [6.07, 6.45) is 1.36. The number of phosphoric acid groups is 1. The molecule has 2 aliphatic rings. The molecule has 80 heavy (non-hydrogen) atoms. The number of phosphoric ester groups is 1. The SMILES string of the molecule is COc1ccc(C(OCC2OC(n3cc(C#CCCOP4(=O)Oc5ccccc5C(C)(C)O4)c(N=CN(CC(C)C)CC(C)C)nc3=O)CC2OP(OCCC#N)N(C(C)C)C(C)C)(c2ccccc2)c2ccc(OC)cc2)cc1. The summed E-state index contributed by atoms with van der Waals surface area (Å²) in [7, 11) is -2.54. The third-order valence-electron chi connectivity index (χ3n) is 13.3. The second-order valence-electron chi connectivity index (χ2n) is 21.5. The number of fused-ring (bicyclic) bond motifs is 1. The van der Waals surface area contributed by atoms with Crippen LogP contribution in [0.15, 0.2) is 119 Å². The summed E-state index contributed by atoms with van der Waals surface area (Å²) in [5.41, 5.74) is 0.839. The van der Waals surface area contributed by atoms with Gasteiger partial charge in [-0.2, -0.15) is 10.2 Å². The molecule has 17 nitrogen and oxygen atoms in total. The minimum atomic E-state index is -4.02. The maximum atomic E-state index is 14.6. The molecule has 7 rings (SSSR count). The van der Waals surface area contributed by atoms with Crippen molar-refractivity contribution in [3.8, 4) is 35.2 Å². The first-order valence-corrected chi connectivity index (χ1v) is 29.9. The van der Waals surface area contributed by atoms with Gasteiger partial charge >= 0.3 is 13.5 Å². The van der Waals surface area contributed by atoms with Crippen LogP contribution in [0.25, 0.3) is 0 Å². The number of hydrogen-bond donors (Lipinski definition) is 0. The van der Waals surface area contributed by atoms with E-state index in [4.69, 9.17) is 46.6 Å².